The number of nitrogens with one attached hydrogen (secondary N) is 1. The van der Waals surface area contributed by atoms with Crippen molar-refractivity contribution in [3.05, 3.63) is 59.2 Å². The minimum absolute atomic E-state index is 0.274. The Bertz CT molecular complexity index is 1010. The van der Waals surface area contributed by atoms with Gasteiger partial charge in [-0.25, -0.2) is 9.59 Å². The molecule has 7 nitrogen and oxygen atoms in total. The Kier molecular flexibility index (Phi) is 5.20. The van der Waals surface area contributed by atoms with Gasteiger partial charge >= 0.3 is 11.9 Å². The van der Waals surface area contributed by atoms with Crippen molar-refractivity contribution in [3.8, 4) is 0 Å². The summed E-state index contributed by atoms with van der Waals surface area (Å²) >= 11 is 0. The normalized spacial score (nSPS) is 20.3. The zero-order valence-electron chi connectivity index (χ0n) is 17.1. The van der Waals surface area contributed by atoms with Gasteiger partial charge < -0.3 is 19.7 Å². The quantitative estimate of drug-likeness (QED) is 0.782. The third-order valence-electron chi connectivity index (χ3n) is 5.68. The third-order valence-corrected chi connectivity index (χ3v) is 5.68. The summed E-state index contributed by atoms with van der Waals surface area (Å²) in [4.78, 5) is 39.9. The van der Waals surface area contributed by atoms with Gasteiger partial charge in [-0.3, -0.25) is 4.79 Å². The van der Waals surface area contributed by atoms with Crippen molar-refractivity contribution >= 4 is 29.2 Å². The predicted molar refractivity (Wildman–Crippen MR) is 112 cm³/mol. The van der Waals surface area contributed by atoms with Crippen molar-refractivity contribution in [2.45, 2.75) is 31.8 Å². The lowest BCUT2D eigenvalue weighted by atomic mass is 9.89. The fourth-order valence-electron chi connectivity index (χ4n) is 4.03. The van der Waals surface area contributed by atoms with Crippen LogP contribution in [0.2, 0.25) is 0 Å². The Morgan fingerprint density at radius 3 is 2.60 bits per heavy atom. The van der Waals surface area contributed by atoms with Gasteiger partial charge in [-0.05, 0) is 49.6 Å². The second-order valence-electron chi connectivity index (χ2n) is 7.83. The number of fused-ring (bicyclic) bond motifs is 1. The molecule has 1 saturated heterocycles. The van der Waals surface area contributed by atoms with E-state index < -0.39 is 23.4 Å². The first-order chi connectivity index (χ1) is 14.4. The van der Waals surface area contributed by atoms with Crippen molar-refractivity contribution < 1.29 is 23.9 Å². The average molecular weight is 408 g/mol. The first-order valence-corrected chi connectivity index (χ1v) is 10.0. The number of hydrogen-bond acceptors (Lipinski definition) is 6. The van der Waals surface area contributed by atoms with Gasteiger partial charge in [-0.1, -0.05) is 18.2 Å². The van der Waals surface area contributed by atoms with Crippen LogP contribution in [0.4, 0.5) is 11.4 Å². The van der Waals surface area contributed by atoms with E-state index in [2.05, 4.69) is 10.2 Å². The van der Waals surface area contributed by atoms with E-state index in [9.17, 15) is 14.4 Å². The number of rotatable bonds is 4. The van der Waals surface area contributed by atoms with E-state index in [1.54, 1.807) is 31.2 Å². The second-order valence-corrected chi connectivity index (χ2v) is 7.83. The molecule has 2 heterocycles. The van der Waals surface area contributed by atoms with Gasteiger partial charge in [0.25, 0.3) is 5.91 Å². The molecule has 1 fully saturated rings. The zero-order valence-corrected chi connectivity index (χ0v) is 17.1. The topological polar surface area (TPSA) is 84.9 Å². The number of carbonyl (C=O) groups is 3. The molecular weight excluding hydrogens is 384 g/mol. The van der Waals surface area contributed by atoms with Crippen LogP contribution < -0.4 is 10.2 Å². The maximum absolute atomic E-state index is 13.2. The monoisotopic (exact) mass is 408 g/mol. The van der Waals surface area contributed by atoms with Gasteiger partial charge in [0.15, 0.2) is 5.60 Å². The van der Waals surface area contributed by atoms with Gasteiger partial charge in [0, 0.05) is 19.5 Å². The Hall–Kier alpha value is -3.35. The minimum Gasteiger partial charge on any atom is -0.465 e. The van der Waals surface area contributed by atoms with Crippen LogP contribution in [0.3, 0.4) is 0 Å². The number of ether oxygens (including phenoxy) is 2. The highest BCUT2D eigenvalue weighted by atomic mass is 16.6. The average Bonchev–Trinajstić information content (AvgIpc) is 3.27. The molecule has 2 aromatic carbocycles. The molecule has 1 N–H and O–H groups in total. The summed E-state index contributed by atoms with van der Waals surface area (Å²) in [6.45, 7) is 3.36. The molecule has 2 aromatic rings. The van der Waals surface area contributed by atoms with E-state index in [-0.39, 0.29) is 6.42 Å². The molecule has 7 heteroatoms. The minimum atomic E-state index is -1.35. The van der Waals surface area contributed by atoms with E-state index in [0.29, 0.717) is 16.8 Å². The number of esters is 2. The number of hydrogen-bond donors (Lipinski definition) is 1. The molecule has 0 saturated carbocycles. The molecule has 0 aliphatic carbocycles. The van der Waals surface area contributed by atoms with Crippen LogP contribution in [0.5, 0.6) is 0 Å². The van der Waals surface area contributed by atoms with Gasteiger partial charge in [0.1, 0.15) is 0 Å². The van der Waals surface area contributed by atoms with E-state index >= 15 is 0 Å². The lowest BCUT2D eigenvalue weighted by Gasteiger charge is -2.33. The number of anilines is 2. The second kappa shape index (κ2) is 7.82. The highest BCUT2D eigenvalue weighted by Gasteiger charge is 2.43. The highest BCUT2D eigenvalue weighted by molar-refractivity contribution is 6.04. The largest absolute Gasteiger partial charge is 0.465 e. The highest BCUT2D eigenvalue weighted by Crippen LogP contribution is 2.33. The summed E-state index contributed by atoms with van der Waals surface area (Å²) in [5.41, 5.74) is 1.57. The number of carbonyl (C=O) groups excluding carboxylic acids is 3. The first-order valence-electron chi connectivity index (χ1n) is 10.0. The summed E-state index contributed by atoms with van der Waals surface area (Å²) in [5, 5.41) is 2.90. The molecule has 2 aliphatic heterocycles. The summed E-state index contributed by atoms with van der Waals surface area (Å²) in [5.74, 6) is -1.44. The molecule has 0 spiro atoms. The van der Waals surface area contributed by atoms with E-state index in [0.717, 1.165) is 37.2 Å². The molecule has 2 aliphatic rings. The van der Waals surface area contributed by atoms with Gasteiger partial charge in [-0.15, -0.1) is 0 Å². The first kappa shape index (κ1) is 19.9. The molecule has 1 unspecified atom stereocenters. The fraction of sp³-hybridized carbons (Fsp3) is 0.348. The summed E-state index contributed by atoms with van der Waals surface area (Å²) in [7, 11) is 1.31. The number of cyclic esters (lactones) is 1. The number of amides is 1. The third kappa shape index (κ3) is 3.63. The standard InChI is InChI=1S/C23H24N2O5/c1-23(14-16-7-3-4-8-17(16)21(27)30-23)22(28)24-18-13-15(20(26)29-2)9-10-19(18)25-11-5-6-12-25/h3-4,7-10,13H,5-6,11-12,14H2,1-2H3,(H,24,28). The smallest absolute Gasteiger partial charge is 0.339 e. The number of methoxy groups -OCH3 is 1. The molecule has 1 amide bonds. The number of benzene rings is 2. The molecular formula is C23H24N2O5. The molecule has 156 valence electrons. The molecule has 0 aromatic heterocycles. The molecule has 4 rings (SSSR count). The van der Waals surface area contributed by atoms with Crippen molar-refractivity contribution in [1.82, 2.24) is 0 Å². The van der Waals surface area contributed by atoms with Crippen LogP contribution in [0, 0.1) is 0 Å². The summed E-state index contributed by atoms with van der Waals surface area (Å²) < 4.78 is 10.4. The summed E-state index contributed by atoms with van der Waals surface area (Å²) in [6, 6.07) is 12.2. The van der Waals surface area contributed by atoms with Crippen molar-refractivity contribution in [2.24, 2.45) is 0 Å². The Morgan fingerprint density at radius 1 is 1.13 bits per heavy atom. The lowest BCUT2D eigenvalue weighted by molar-refractivity contribution is -0.134. The van der Waals surface area contributed by atoms with Crippen molar-refractivity contribution in [1.29, 1.82) is 0 Å². The van der Waals surface area contributed by atoms with E-state index in [1.807, 2.05) is 18.2 Å². The van der Waals surface area contributed by atoms with Gasteiger partial charge in [0.2, 0.25) is 0 Å². The van der Waals surface area contributed by atoms with Crippen LogP contribution in [0.1, 0.15) is 46.0 Å². The van der Waals surface area contributed by atoms with Crippen LogP contribution in [-0.2, 0) is 20.7 Å². The van der Waals surface area contributed by atoms with E-state index in [1.165, 1.54) is 7.11 Å². The molecule has 30 heavy (non-hydrogen) atoms. The van der Waals surface area contributed by atoms with Crippen LogP contribution in [0.25, 0.3) is 0 Å². The van der Waals surface area contributed by atoms with E-state index in [4.69, 9.17) is 9.47 Å². The molecule has 1 atom stereocenters. The van der Waals surface area contributed by atoms with Gasteiger partial charge in [-0.2, -0.15) is 0 Å². The SMILES string of the molecule is COC(=O)c1ccc(N2CCCC2)c(NC(=O)C2(C)Cc3ccccc3C(=O)O2)c1. The zero-order chi connectivity index (χ0) is 21.3. The predicted octanol–water partition coefficient (Wildman–Crippen LogP) is 3.18. The summed E-state index contributed by atoms with van der Waals surface area (Å²) in [6.07, 6.45) is 2.41. The Morgan fingerprint density at radius 2 is 1.87 bits per heavy atom. The van der Waals surface area contributed by atoms with Crippen molar-refractivity contribution in [2.75, 3.05) is 30.4 Å². The van der Waals surface area contributed by atoms with Crippen LogP contribution >= 0.6 is 0 Å². The van der Waals surface area contributed by atoms with Crippen LogP contribution in [0.15, 0.2) is 42.5 Å². The van der Waals surface area contributed by atoms with Gasteiger partial charge in [0.05, 0.1) is 29.6 Å². The maximum atomic E-state index is 13.2. The Balaban J connectivity index is 1.65. The number of nitrogens with zero attached hydrogens (tertiary/aromatic N) is 1. The molecule has 0 bridgehead atoms. The van der Waals surface area contributed by atoms with Crippen LogP contribution in [-0.4, -0.2) is 43.6 Å². The fourth-order valence-corrected chi connectivity index (χ4v) is 4.03. The van der Waals surface area contributed by atoms with Crippen molar-refractivity contribution in [3.63, 3.8) is 0 Å². The lowest BCUT2D eigenvalue weighted by Crippen LogP contribution is -2.49. The Labute approximate surface area is 175 Å². The maximum Gasteiger partial charge on any atom is 0.339 e. The molecule has 0 radical (unpaired) electrons.